The summed E-state index contributed by atoms with van der Waals surface area (Å²) in [7, 11) is 0. The molecule has 0 amide bonds. The number of hydrogen-bond acceptors (Lipinski definition) is 2. The highest BCUT2D eigenvalue weighted by molar-refractivity contribution is 6.30. The molecule has 1 N–H and O–H groups in total. The van der Waals surface area contributed by atoms with Crippen molar-refractivity contribution in [1.82, 2.24) is 9.55 Å². The lowest BCUT2D eigenvalue weighted by Gasteiger charge is -2.06. The van der Waals surface area contributed by atoms with Crippen LogP contribution in [0.4, 0.5) is 0 Å². The Labute approximate surface area is 103 Å². The van der Waals surface area contributed by atoms with Gasteiger partial charge in [0.15, 0.2) is 0 Å². The Morgan fingerprint density at radius 3 is 3.00 bits per heavy atom. The molecule has 1 aromatic carbocycles. The molecule has 2 aromatic rings. The molecule has 17 heavy (non-hydrogen) atoms. The van der Waals surface area contributed by atoms with Crippen LogP contribution >= 0.6 is 11.6 Å². The average molecular weight is 251 g/mol. The molecule has 0 saturated carbocycles. The summed E-state index contributed by atoms with van der Waals surface area (Å²) < 4.78 is 1.81. The zero-order valence-corrected chi connectivity index (χ0v) is 9.76. The molecule has 0 fully saturated rings. The number of imidazole rings is 1. The van der Waals surface area contributed by atoms with E-state index in [1.54, 1.807) is 29.1 Å². The zero-order chi connectivity index (χ0) is 12.3. The van der Waals surface area contributed by atoms with Gasteiger partial charge in [-0.05, 0) is 12.1 Å². The number of carbonyl (C=O) groups is 1. The Bertz CT molecular complexity index is 537. The number of halogens is 1. The van der Waals surface area contributed by atoms with Gasteiger partial charge < -0.3 is 9.67 Å². The fourth-order valence-corrected chi connectivity index (χ4v) is 1.78. The van der Waals surface area contributed by atoms with E-state index in [0.29, 0.717) is 11.6 Å². The van der Waals surface area contributed by atoms with Crippen molar-refractivity contribution < 1.29 is 9.90 Å². The second-order valence-corrected chi connectivity index (χ2v) is 4.03. The third kappa shape index (κ3) is 2.85. The summed E-state index contributed by atoms with van der Waals surface area (Å²) in [5.74, 6) is -0.0931. The summed E-state index contributed by atoms with van der Waals surface area (Å²) in [6.07, 6.45) is 3.49. The van der Waals surface area contributed by atoms with Crippen LogP contribution in [0, 0.1) is 0 Å². The van der Waals surface area contributed by atoms with Crippen LogP contribution in [0.1, 0.15) is 6.42 Å². The average Bonchev–Trinajstić information content (AvgIpc) is 2.74. The number of aliphatic carboxylic acids is 1. The smallest absolute Gasteiger partial charge is 0.305 e. The minimum Gasteiger partial charge on any atom is -0.481 e. The lowest BCUT2D eigenvalue weighted by atomic mass is 10.2. The van der Waals surface area contributed by atoms with Crippen LogP contribution in [0.15, 0.2) is 36.7 Å². The molecule has 2 rings (SSSR count). The number of hydrogen-bond donors (Lipinski definition) is 1. The molecule has 1 heterocycles. The largest absolute Gasteiger partial charge is 0.481 e. The van der Waals surface area contributed by atoms with Crippen molar-refractivity contribution in [2.24, 2.45) is 0 Å². The molecule has 4 nitrogen and oxygen atoms in total. The molecule has 0 atom stereocenters. The topological polar surface area (TPSA) is 55.1 Å². The van der Waals surface area contributed by atoms with Gasteiger partial charge in [-0.1, -0.05) is 23.7 Å². The van der Waals surface area contributed by atoms with Crippen LogP contribution in [0.5, 0.6) is 0 Å². The second-order valence-electron chi connectivity index (χ2n) is 3.60. The van der Waals surface area contributed by atoms with E-state index in [2.05, 4.69) is 4.98 Å². The lowest BCUT2D eigenvalue weighted by molar-refractivity contribution is -0.137. The van der Waals surface area contributed by atoms with Crippen LogP contribution < -0.4 is 0 Å². The highest BCUT2D eigenvalue weighted by Crippen LogP contribution is 2.21. The Kier molecular flexibility index (Phi) is 3.44. The standard InChI is InChI=1S/C12H11ClN2O2/c13-10-3-1-2-9(8-10)12-14-5-7-15(12)6-4-11(16)17/h1-3,5,7-8H,4,6H2,(H,16,17). The minimum atomic E-state index is -0.823. The first kappa shape index (κ1) is 11.7. The summed E-state index contributed by atoms with van der Waals surface area (Å²) in [5.41, 5.74) is 0.882. The van der Waals surface area contributed by atoms with Crippen molar-refractivity contribution in [2.45, 2.75) is 13.0 Å². The van der Waals surface area contributed by atoms with Crippen LogP contribution in [0.2, 0.25) is 5.02 Å². The first-order chi connectivity index (χ1) is 8.16. The van der Waals surface area contributed by atoms with E-state index in [0.717, 1.165) is 11.4 Å². The molecule has 1 aromatic heterocycles. The summed E-state index contributed by atoms with van der Waals surface area (Å²) in [6, 6.07) is 7.33. The highest BCUT2D eigenvalue weighted by atomic mass is 35.5. The number of aromatic nitrogens is 2. The van der Waals surface area contributed by atoms with Gasteiger partial charge in [0.05, 0.1) is 6.42 Å². The Morgan fingerprint density at radius 2 is 2.29 bits per heavy atom. The molecule has 88 valence electrons. The van der Waals surface area contributed by atoms with Crippen molar-refractivity contribution in [2.75, 3.05) is 0 Å². The fraction of sp³-hybridized carbons (Fsp3) is 0.167. The summed E-state index contributed by atoms with van der Waals surface area (Å²) in [6.45, 7) is 0.400. The Balaban J connectivity index is 2.27. The molecule has 0 radical (unpaired) electrons. The van der Waals surface area contributed by atoms with Crippen molar-refractivity contribution >= 4 is 17.6 Å². The monoisotopic (exact) mass is 250 g/mol. The van der Waals surface area contributed by atoms with E-state index in [4.69, 9.17) is 16.7 Å². The van der Waals surface area contributed by atoms with Gasteiger partial charge in [-0.3, -0.25) is 4.79 Å². The molecule has 0 aliphatic heterocycles. The highest BCUT2D eigenvalue weighted by Gasteiger charge is 2.07. The van der Waals surface area contributed by atoms with Crippen molar-refractivity contribution in [3.8, 4) is 11.4 Å². The van der Waals surface area contributed by atoms with Crippen molar-refractivity contribution in [3.05, 3.63) is 41.7 Å². The maximum atomic E-state index is 10.5. The Hall–Kier alpha value is -1.81. The molecule has 0 aliphatic rings. The number of rotatable bonds is 4. The third-order valence-corrected chi connectivity index (χ3v) is 2.60. The third-order valence-electron chi connectivity index (χ3n) is 2.36. The predicted molar refractivity (Wildman–Crippen MR) is 64.9 cm³/mol. The van der Waals surface area contributed by atoms with E-state index in [-0.39, 0.29) is 6.42 Å². The summed E-state index contributed by atoms with van der Waals surface area (Å²) in [5, 5.41) is 9.30. The molecule has 0 spiro atoms. The molecule has 0 unspecified atom stereocenters. The predicted octanol–water partition coefficient (Wildman–Crippen LogP) is 2.68. The van der Waals surface area contributed by atoms with Crippen molar-refractivity contribution in [1.29, 1.82) is 0 Å². The number of benzene rings is 1. The van der Waals surface area contributed by atoms with Crippen LogP contribution in [0.3, 0.4) is 0 Å². The quantitative estimate of drug-likeness (QED) is 0.908. The van der Waals surface area contributed by atoms with E-state index >= 15 is 0 Å². The van der Waals surface area contributed by atoms with Crippen LogP contribution in [-0.4, -0.2) is 20.6 Å². The second kappa shape index (κ2) is 5.01. The van der Waals surface area contributed by atoms with E-state index in [1.165, 1.54) is 0 Å². The Morgan fingerprint density at radius 1 is 1.47 bits per heavy atom. The molecule has 0 bridgehead atoms. The van der Waals surface area contributed by atoms with Gasteiger partial charge in [0.25, 0.3) is 0 Å². The molecule has 0 aliphatic carbocycles. The maximum Gasteiger partial charge on any atom is 0.305 e. The zero-order valence-electron chi connectivity index (χ0n) is 9.01. The van der Waals surface area contributed by atoms with Crippen LogP contribution in [-0.2, 0) is 11.3 Å². The summed E-state index contributed by atoms with van der Waals surface area (Å²) >= 11 is 5.91. The first-order valence-corrected chi connectivity index (χ1v) is 5.53. The fourth-order valence-electron chi connectivity index (χ4n) is 1.59. The van der Waals surface area contributed by atoms with Gasteiger partial charge in [0.2, 0.25) is 0 Å². The molecular formula is C12H11ClN2O2. The van der Waals surface area contributed by atoms with Gasteiger partial charge in [0.1, 0.15) is 5.82 Å². The van der Waals surface area contributed by atoms with Gasteiger partial charge >= 0.3 is 5.97 Å². The number of nitrogens with zero attached hydrogens (tertiary/aromatic N) is 2. The van der Waals surface area contributed by atoms with E-state index in [1.807, 2.05) is 12.1 Å². The number of carboxylic acids is 1. The van der Waals surface area contributed by atoms with Gasteiger partial charge in [-0.2, -0.15) is 0 Å². The number of carboxylic acid groups (broad SMARTS) is 1. The molecular weight excluding hydrogens is 240 g/mol. The molecule has 5 heteroatoms. The first-order valence-electron chi connectivity index (χ1n) is 5.15. The van der Waals surface area contributed by atoms with Crippen molar-refractivity contribution in [3.63, 3.8) is 0 Å². The maximum absolute atomic E-state index is 10.5. The minimum absolute atomic E-state index is 0.0733. The molecule has 0 saturated heterocycles. The van der Waals surface area contributed by atoms with Gasteiger partial charge in [-0.25, -0.2) is 4.98 Å². The normalized spacial score (nSPS) is 10.4. The van der Waals surface area contributed by atoms with Gasteiger partial charge in [0, 0.05) is 29.5 Å². The van der Waals surface area contributed by atoms with E-state index in [9.17, 15) is 4.79 Å². The van der Waals surface area contributed by atoms with Gasteiger partial charge in [-0.15, -0.1) is 0 Å². The van der Waals surface area contributed by atoms with E-state index < -0.39 is 5.97 Å². The SMILES string of the molecule is O=C(O)CCn1ccnc1-c1cccc(Cl)c1. The lowest BCUT2D eigenvalue weighted by Crippen LogP contribution is -2.05. The number of aryl methyl sites for hydroxylation is 1. The van der Waals surface area contributed by atoms with Crippen LogP contribution in [0.25, 0.3) is 11.4 Å². The summed E-state index contributed by atoms with van der Waals surface area (Å²) in [4.78, 5) is 14.8.